The lowest BCUT2D eigenvalue weighted by Gasteiger charge is -2.30. The van der Waals surface area contributed by atoms with Crippen LogP contribution >= 0.6 is 11.6 Å². The minimum atomic E-state index is -0.607. The van der Waals surface area contributed by atoms with Gasteiger partial charge in [0.05, 0.1) is 11.0 Å². The molecule has 0 spiro atoms. The van der Waals surface area contributed by atoms with Gasteiger partial charge in [-0.05, 0) is 25.0 Å². The molecule has 19 heavy (non-hydrogen) atoms. The lowest BCUT2D eigenvalue weighted by atomic mass is 10.1. The first-order chi connectivity index (χ1) is 8.99. The van der Waals surface area contributed by atoms with Gasteiger partial charge in [0.25, 0.3) is 11.6 Å². The third kappa shape index (κ3) is 3.02. The molecule has 1 aliphatic heterocycles. The summed E-state index contributed by atoms with van der Waals surface area (Å²) in [5.74, 6) is -0.465. The Bertz CT molecular complexity index is 520. The number of amides is 1. The molecule has 1 aromatic rings. The maximum atomic E-state index is 12.3. The number of hydrogen-bond acceptors (Lipinski definition) is 4. The van der Waals surface area contributed by atoms with E-state index in [1.165, 1.54) is 23.1 Å². The van der Waals surface area contributed by atoms with Crippen LogP contribution in [0.1, 0.15) is 23.2 Å². The van der Waals surface area contributed by atoms with Crippen LogP contribution in [0.2, 0.25) is 5.02 Å². The first-order valence-electron chi connectivity index (χ1n) is 5.90. The largest absolute Gasteiger partial charge is 0.391 e. The first-order valence-corrected chi connectivity index (χ1v) is 6.28. The number of β-amino-alcohol motifs (C(OH)–C–C–N with tert-alkyl or cyclic N) is 1. The summed E-state index contributed by atoms with van der Waals surface area (Å²) in [4.78, 5) is 24.0. The SMILES string of the molecule is O=C(c1cc(Cl)ccc1[N+](=O)[O-])N1CCC[C@H](O)C1. The molecule has 2 rings (SSSR count). The lowest BCUT2D eigenvalue weighted by Crippen LogP contribution is -2.42. The maximum absolute atomic E-state index is 12.3. The second-order valence-corrected chi connectivity index (χ2v) is 4.90. The first kappa shape index (κ1) is 13.8. The fraction of sp³-hybridized carbons (Fsp3) is 0.417. The highest BCUT2D eigenvalue weighted by Crippen LogP contribution is 2.25. The molecule has 1 heterocycles. The Labute approximate surface area is 114 Å². The van der Waals surface area contributed by atoms with Crippen molar-refractivity contribution in [2.45, 2.75) is 18.9 Å². The molecule has 0 radical (unpaired) electrons. The number of benzene rings is 1. The Kier molecular flexibility index (Phi) is 4.01. The number of nitrogens with zero attached hydrogens (tertiary/aromatic N) is 2. The van der Waals surface area contributed by atoms with Crippen LogP contribution in [0.5, 0.6) is 0 Å². The van der Waals surface area contributed by atoms with E-state index in [0.717, 1.165) is 0 Å². The van der Waals surface area contributed by atoms with E-state index in [4.69, 9.17) is 11.6 Å². The van der Waals surface area contributed by atoms with Gasteiger partial charge in [-0.1, -0.05) is 11.6 Å². The number of nitro groups is 1. The average Bonchev–Trinajstić information content (AvgIpc) is 2.37. The predicted molar refractivity (Wildman–Crippen MR) is 69.3 cm³/mol. The van der Waals surface area contributed by atoms with E-state index < -0.39 is 16.9 Å². The average molecular weight is 285 g/mol. The second kappa shape index (κ2) is 5.54. The number of likely N-dealkylation sites (tertiary alicyclic amines) is 1. The molecule has 1 fully saturated rings. The number of carbonyl (C=O) groups excluding carboxylic acids is 1. The summed E-state index contributed by atoms with van der Waals surface area (Å²) in [7, 11) is 0. The number of piperidine rings is 1. The molecule has 1 amide bonds. The fourth-order valence-corrected chi connectivity index (χ4v) is 2.32. The van der Waals surface area contributed by atoms with Gasteiger partial charge in [0.1, 0.15) is 5.56 Å². The molecule has 1 N–H and O–H groups in total. The summed E-state index contributed by atoms with van der Waals surface area (Å²) < 4.78 is 0. The summed E-state index contributed by atoms with van der Waals surface area (Å²) in [6.45, 7) is 0.683. The standard InChI is InChI=1S/C12H13ClN2O4/c13-8-3-4-11(15(18)19)10(6-8)12(17)14-5-1-2-9(16)7-14/h3-4,6,9,16H,1-2,5,7H2/t9-/m0/s1. The minimum Gasteiger partial charge on any atom is -0.391 e. The van der Waals surface area contributed by atoms with Crippen molar-refractivity contribution in [1.29, 1.82) is 0 Å². The second-order valence-electron chi connectivity index (χ2n) is 4.47. The molecule has 0 bridgehead atoms. The van der Waals surface area contributed by atoms with E-state index >= 15 is 0 Å². The molecular weight excluding hydrogens is 272 g/mol. The molecule has 0 aliphatic carbocycles. The van der Waals surface area contributed by atoms with Gasteiger partial charge in [0.15, 0.2) is 0 Å². The smallest absolute Gasteiger partial charge is 0.282 e. The monoisotopic (exact) mass is 284 g/mol. The van der Waals surface area contributed by atoms with Gasteiger partial charge in [0, 0.05) is 24.2 Å². The normalized spacial score (nSPS) is 19.3. The number of aliphatic hydroxyl groups excluding tert-OH is 1. The number of nitro benzene ring substituents is 1. The topological polar surface area (TPSA) is 83.7 Å². The van der Waals surface area contributed by atoms with E-state index in [2.05, 4.69) is 0 Å². The molecule has 1 saturated heterocycles. The third-order valence-corrected chi connectivity index (χ3v) is 3.30. The van der Waals surface area contributed by atoms with Crippen LogP contribution in [0, 0.1) is 10.1 Å². The predicted octanol–water partition coefficient (Wildman–Crippen LogP) is 1.85. The van der Waals surface area contributed by atoms with Crippen molar-refractivity contribution in [2.24, 2.45) is 0 Å². The number of aliphatic hydroxyl groups is 1. The van der Waals surface area contributed by atoms with Crippen molar-refractivity contribution in [3.63, 3.8) is 0 Å². The molecule has 0 aromatic heterocycles. The maximum Gasteiger partial charge on any atom is 0.282 e. The van der Waals surface area contributed by atoms with Gasteiger partial charge >= 0.3 is 0 Å². The van der Waals surface area contributed by atoms with Gasteiger partial charge in [0.2, 0.25) is 0 Å². The van der Waals surface area contributed by atoms with Crippen molar-refractivity contribution in [3.05, 3.63) is 38.9 Å². The summed E-state index contributed by atoms with van der Waals surface area (Å²) in [6, 6.07) is 3.89. The third-order valence-electron chi connectivity index (χ3n) is 3.07. The van der Waals surface area contributed by atoms with E-state index in [9.17, 15) is 20.0 Å². The van der Waals surface area contributed by atoms with E-state index in [0.29, 0.717) is 19.4 Å². The zero-order chi connectivity index (χ0) is 14.0. The molecule has 7 heteroatoms. The molecule has 1 atom stereocenters. The summed E-state index contributed by atoms with van der Waals surface area (Å²) in [6.07, 6.45) is 0.749. The van der Waals surface area contributed by atoms with Crippen molar-refractivity contribution >= 4 is 23.2 Å². The Morgan fingerprint density at radius 3 is 2.89 bits per heavy atom. The number of rotatable bonds is 2. The summed E-state index contributed by atoms with van der Waals surface area (Å²) >= 11 is 5.79. The van der Waals surface area contributed by atoms with Gasteiger partial charge in [-0.2, -0.15) is 0 Å². The van der Waals surface area contributed by atoms with E-state index in [1.54, 1.807) is 0 Å². The molecule has 0 saturated carbocycles. The molecule has 0 unspecified atom stereocenters. The lowest BCUT2D eigenvalue weighted by molar-refractivity contribution is -0.385. The van der Waals surface area contributed by atoms with Crippen LogP contribution in [0.4, 0.5) is 5.69 Å². The van der Waals surface area contributed by atoms with Crippen molar-refractivity contribution in [1.82, 2.24) is 4.90 Å². The van der Waals surface area contributed by atoms with Crippen molar-refractivity contribution in [2.75, 3.05) is 13.1 Å². The number of halogens is 1. The Morgan fingerprint density at radius 1 is 1.53 bits per heavy atom. The molecule has 102 valence electrons. The van der Waals surface area contributed by atoms with Gasteiger partial charge in [-0.25, -0.2) is 0 Å². The van der Waals surface area contributed by atoms with Crippen LogP contribution in [0.15, 0.2) is 18.2 Å². The zero-order valence-corrected chi connectivity index (χ0v) is 10.8. The van der Waals surface area contributed by atoms with Crippen LogP contribution in [-0.2, 0) is 0 Å². The Hall–Kier alpha value is -1.66. The quantitative estimate of drug-likeness (QED) is 0.663. The van der Waals surface area contributed by atoms with Crippen LogP contribution in [0.3, 0.4) is 0 Å². The summed E-state index contributed by atoms with van der Waals surface area (Å²) in [5, 5.41) is 20.8. The highest BCUT2D eigenvalue weighted by Gasteiger charge is 2.28. The van der Waals surface area contributed by atoms with Gasteiger partial charge < -0.3 is 10.0 Å². The minimum absolute atomic E-state index is 0.0356. The highest BCUT2D eigenvalue weighted by molar-refractivity contribution is 6.31. The van der Waals surface area contributed by atoms with E-state index in [-0.39, 0.29) is 22.8 Å². The molecule has 1 aromatic carbocycles. The highest BCUT2D eigenvalue weighted by atomic mass is 35.5. The van der Waals surface area contributed by atoms with Crippen molar-refractivity contribution < 1.29 is 14.8 Å². The zero-order valence-electron chi connectivity index (χ0n) is 10.1. The van der Waals surface area contributed by atoms with Crippen LogP contribution in [0.25, 0.3) is 0 Å². The van der Waals surface area contributed by atoms with E-state index in [1.807, 2.05) is 0 Å². The Morgan fingerprint density at radius 2 is 2.26 bits per heavy atom. The van der Waals surface area contributed by atoms with Crippen LogP contribution in [-0.4, -0.2) is 40.0 Å². The molecular formula is C12H13ClN2O4. The molecule has 6 nitrogen and oxygen atoms in total. The van der Waals surface area contributed by atoms with Gasteiger partial charge in [-0.3, -0.25) is 14.9 Å². The van der Waals surface area contributed by atoms with Crippen molar-refractivity contribution in [3.8, 4) is 0 Å². The number of carbonyl (C=O) groups is 1. The Balaban J connectivity index is 2.32. The van der Waals surface area contributed by atoms with Crippen LogP contribution < -0.4 is 0 Å². The molecule has 1 aliphatic rings. The van der Waals surface area contributed by atoms with Gasteiger partial charge in [-0.15, -0.1) is 0 Å². The number of hydrogen-bond donors (Lipinski definition) is 1. The summed E-state index contributed by atoms with van der Waals surface area (Å²) in [5.41, 5.74) is -0.305. The fourth-order valence-electron chi connectivity index (χ4n) is 2.15.